The van der Waals surface area contributed by atoms with Gasteiger partial charge in [-0.05, 0) is 44.2 Å². The summed E-state index contributed by atoms with van der Waals surface area (Å²) in [6, 6.07) is 5.90. The van der Waals surface area contributed by atoms with Crippen LogP contribution in [0.2, 0.25) is 0 Å². The Morgan fingerprint density at radius 2 is 1.93 bits per heavy atom. The van der Waals surface area contributed by atoms with Crippen LogP contribution in [0.1, 0.15) is 57.6 Å². The molecule has 3 amide bonds. The molecule has 1 aromatic carbocycles. The van der Waals surface area contributed by atoms with Crippen molar-refractivity contribution in [1.82, 2.24) is 10.6 Å². The van der Waals surface area contributed by atoms with Gasteiger partial charge >= 0.3 is 6.03 Å². The van der Waals surface area contributed by atoms with Gasteiger partial charge in [-0.15, -0.1) is 0 Å². The molecule has 0 aliphatic heterocycles. The zero-order valence-electron chi connectivity index (χ0n) is 16.3. The number of nitrogens with two attached hydrogens (primary N) is 1. The van der Waals surface area contributed by atoms with Gasteiger partial charge in [-0.2, -0.15) is 0 Å². The molecule has 1 aliphatic carbocycles. The van der Waals surface area contributed by atoms with E-state index in [0.29, 0.717) is 6.54 Å². The maximum atomic E-state index is 13.1. The zero-order valence-corrected chi connectivity index (χ0v) is 16.3. The fourth-order valence-electron chi connectivity index (χ4n) is 3.40. The molecular formula is C21H31FN3O2+. The number of urea groups is 1. The third-order valence-electron chi connectivity index (χ3n) is 4.90. The number of benzene rings is 1. The van der Waals surface area contributed by atoms with Gasteiger partial charge in [0.25, 0.3) is 5.91 Å². The van der Waals surface area contributed by atoms with Gasteiger partial charge in [-0.3, -0.25) is 10.1 Å². The van der Waals surface area contributed by atoms with Gasteiger partial charge in [0.1, 0.15) is 11.9 Å². The van der Waals surface area contributed by atoms with Crippen LogP contribution in [-0.2, 0) is 4.79 Å². The molecule has 27 heavy (non-hydrogen) atoms. The molecule has 0 saturated heterocycles. The first-order chi connectivity index (χ1) is 13.0. The summed E-state index contributed by atoms with van der Waals surface area (Å²) in [5.41, 5.74) is 2.35. The number of carbonyl (C=O) groups is 2. The Labute approximate surface area is 160 Å². The van der Waals surface area contributed by atoms with Crippen LogP contribution in [0.5, 0.6) is 0 Å². The fourth-order valence-corrected chi connectivity index (χ4v) is 3.40. The quantitative estimate of drug-likeness (QED) is 0.610. The van der Waals surface area contributed by atoms with Gasteiger partial charge in [0.05, 0.1) is 0 Å². The van der Waals surface area contributed by atoms with E-state index in [-0.39, 0.29) is 30.2 Å². The smallest absolute Gasteiger partial charge is 0.321 e. The molecule has 0 spiro atoms. The fraction of sp³-hybridized carbons (Fsp3) is 0.524. The topological polar surface area (TPSA) is 74.8 Å². The molecule has 0 bridgehead atoms. The van der Waals surface area contributed by atoms with Crippen LogP contribution in [0, 0.1) is 11.7 Å². The maximum absolute atomic E-state index is 13.1. The Hall–Kier alpha value is -2.21. The van der Waals surface area contributed by atoms with Crippen LogP contribution in [0.3, 0.4) is 0 Å². The summed E-state index contributed by atoms with van der Waals surface area (Å²) in [4.78, 5) is 23.9. The van der Waals surface area contributed by atoms with Crippen molar-refractivity contribution in [1.29, 1.82) is 0 Å². The Balaban J connectivity index is 1.72. The second-order valence-corrected chi connectivity index (χ2v) is 7.42. The number of quaternary nitrogens is 1. The molecular weight excluding hydrogens is 345 g/mol. The lowest BCUT2D eigenvalue weighted by Crippen LogP contribution is -2.88. The third kappa shape index (κ3) is 7.51. The van der Waals surface area contributed by atoms with E-state index in [2.05, 4.69) is 30.6 Å². The van der Waals surface area contributed by atoms with Crippen molar-refractivity contribution in [3.8, 4) is 0 Å². The normalized spacial score (nSPS) is 15.2. The lowest BCUT2D eigenvalue weighted by molar-refractivity contribution is -0.692. The Kier molecular flexibility index (Phi) is 8.45. The van der Waals surface area contributed by atoms with Crippen molar-refractivity contribution in [3.05, 3.63) is 47.3 Å². The van der Waals surface area contributed by atoms with E-state index in [1.54, 1.807) is 12.1 Å². The summed E-state index contributed by atoms with van der Waals surface area (Å²) in [5, 5.41) is 7.00. The SMILES string of the molecule is CC(C)[C@@H]([NH2+]CC(=O)NC(=O)NCCC1=CCCCC1)c1ccc(F)cc1. The number of halogens is 1. The molecule has 1 aliphatic rings. The second kappa shape index (κ2) is 10.8. The van der Waals surface area contributed by atoms with Crippen molar-refractivity contribution in [3.63, 3.8) is 0 Å². The van der Waals surface area contributed by atoms with Crippen LogP contribution < -0.4 is 16.0 Å². The number of hydrogen-bond donors (Lipinski definition) is 3. The molecule has 0 heterocycles. The van der Waals surface area contributed by atoms with Gasteiger partial charge < -0.3 is 10.6 Å². The predicted octanol–water partition coefficient (Wildman–Crippen LogP) is 2.80. The summed E-state index contributed by atoms with van der Waals surface area (Å²) in [6.45, 7) is 4.78. The first-order valence-corrected chi connectivity index (χ1v) is 9.80. The van der Waals surface area contributed by atoms with Crippen molar-refractivity contribution in [2.75, 3.05) is 13.1 Å². The monoisotopic (exact) mass is 376 g/mol. The molecule has 0 radical (unpaired) electrons. The summed E-state index contributed by atoms with van der Waals surface area (Å²) in [6.07, 6.45) is 7.80. The number of nitrogens with one attached hydrogen (secondary N) is 2. The van der Waals surface area contributed by atoms with E-state index in [4.69, 9.17) is 0 Å². The van der Waals surface area contributed by atoms with E-state index in [9.17, 15) is 14.0 Å². The Morgan fingerprint density at radius 3 is 2.56 bits per heavy atom. The predicted molar refractivity (Wildman–Crippen MR) is 103 cm³/mol. The minimum atomic E-state index is -0.451. The highest BCUT2D eigenvalue weighted by Gasteiger charge is 2.21. The lowest BCUT2D eigenvalue weighted by Gasteiger charge is -2.19. The average molecular weight is 376 g/mol. The zero-order chi connectivity index (χ0) is 19.6. The van der Waals surface area contributed by atoms with Gasteiger partial charge in [0.2, 0.25) is 0 Å². The van der Waals surface area contributed by atoms with Crippen molar-refractivity contribution in [2.24, 2.45) is 5.92 Å². The van der Waals surface area contributed by atoms with E-state index in [1.165, 1.54) is 30.5 Å². The first kappa shape index (κ1) is 21.1. The van der Waals surface area contributed by atoms with Gasteiger partial charge in [0.15, 0.2) is 6.54 Å². The molecule has 4 N–H and O–H groups in total. The van der Waals surface area contributed by atoms with E-state index >= 15 is 0 Å². The van der Waals surface area contributed by atoms with Crippen molar-refractivity contribution < 1.29 is 19.3 Å². The maximum Gasteiger partial charge on any atom is 0.321 e. The number of allylic oxidation sites excluding steroid dienone is 1. The molecule has 0 unspecified atom stereocenters. The van der Waals surface area contributed by atoms with Gasteiger partial charge in [-0.1, -0.05) is 37.6 Å². The summed E-state index contributed by atoms with van der Waals surface area (Å²) in [7, 11) is 0. The number of imide groups is 1. The van der Waals surface area contributed by atoms with Crippen LogP contribution >= 0.6 is 0 Å². The molecule has 1 atom stereocenters. The molecule has 0 fully saturated rings. The molecule has 0 aromatic heterocycles. The number of carbonyl (C=O) groups excluding carboxylic acids is 2. The van der Waals surface area contributed by atoms with Crippen LogP contribution in [0.15, 0.2) is 35.9 Å². The van der Waals surface area contributed by atoms with Crippen molar-refractivity contribution >= 4 is 11.9 Å². The van der Waals surface area contributed by atoms with E-state index in [1.807, 2.05) is 5.32 Å². The van der Waals surface area contributed by atoms with E-state index < -0.39 is 6.03 Å². The standard InChI is InChI=1S/C21H30FN3O2/c1-15(2)20(17-8-10-18(22)11-9-17)24-14-19(26)25-21(27)23-13-12-16-6-4-3-5-7-16/h6,8-11,15,20,24H,3-5,7,12-14H2,1-2H3,(H2,23,25,26,27)/p+1/t20-/m1/s1. The molecule has 1 aromatic rings. The van der Waals surface area contributed by atoms with Crippen LogP contribution in [-0.4, -0.2) is 25.0 Å². The molecule has 5 nitrogen and oxygen atoms in total. The highest BCUT2D eigenvalue weighted by atomic mass is 19.1. The van der Waals surface area contributed by atoms with Gasteiger partial charge in [-0.25, -0.2) is 9.18 Å². The average Bonchev–Trinajstić information content (AvgIpc) is 2.64. The van der Waals surface area contributed by atoms with Crippen LogP contribution in [0.4, 0.5) is 9.18 Å². The Bertz CT molecular complexity index is 656. The number of amides is 3. The lowest BCUT2D eigenvalue weighted by atomic mass is 9.96. The Morgan fingerprint density at radius 1 is 1.19 bits per heavy atom. The minimum Gasteiger partial charge on any atom is -0.337 e. The van der Waals surface area contributed by atoms with Crippen LogP contribution in [0.25, 0.3) is 0 Å². The molecule has 0 saturated carbocycles. The second-order valence-electron chi connectivity index (χ2n) is 7.42. The largest absolute Gasteiger partial charge is 0.337 e. The molecule has 148 valence electrons. The highest BCUT2D eigenvalue weighted by Crippen LogP contribution is 2.19. The first-order valence-electron chi connectivity index (χ1n) is 9.80. The summed E-state index contributed by atoms with van der Waals surface area (Å²) >= 11 is 0. The third-order valence-corrected chi connectivity index (χ3v) is 4.90. The molecule has 2 rings (SSSR count). The van der Waals surface area contributed by atoms with Gasteiger partial charge in [0, 0.05) is 18.0 Å². The minimum absolute atomic E-state index is 0.0256. The van der Waals surface area contributed by atoms with E-state index in [0.717, 1.165) is 24.8 Å². The molecule has 6 heteroatoms. The number of rotatable bonds is 8. The van der Waals surface area contributed by atoms with Crippen molar-refractivity contribution in [2.45, 2.75) is 52.0 Å². The summed E-state index contributed by atoms with van der Waals surface area (Å²) < 4.78 is 13.1. The highest BCUT2D eigenvalue weighted by molar-refractivity contribution is 5.94. The summed E-state index contributed by atoms with van der Waals surface area (Å²) in [5.74, 6) is -0.349. The number of hydrogen-bond acceptors (Lipinski definition) is 2.